The van der Waals surface area contributed by atoms with Crippen LogP contribution in [0.25, 0.3) is 4.91 Å². The Labute approximate surface area is 144 Å². The SMILES string of the molecule is CC(C)(C)C1=NC(N)SC(c2cc([N+](=O)[O-])ccc2Cl)=C1.Cl. The Hall–Kier alpha value is -1.08. The Kier molecular flexibility index (Phi) is 6.03. The fourth-order valence-corrected chi connectivity index (χ4v) is 3.03. The van der Waals surface area contributed by atoms with E-state index in [0.29, 0.717) is 10.6 Å². The fourth-order valence-electron chi connectivity index (χ4n) is 1.86. The van der Waals surface area contributed by atoms with Crippen LogP contribution in [0.4, 0.5) is 5.69 Å². The zero-order chi connectivity index (χ0) is 15.8. The number of benzene rings is 1. The first-order valence-corrected chi connectivity index (χ1v) is 7.61. The predicted molar refractivity (Wildman–Crippen MR) is 95.8 cm³/mol. The van der Waals surface area contributed by atoms with Crippen molar-refractivity contribution in [1.29, 1.82) is 0 Å². The highest BCUT2D eigenvalue weighted by Gasteiger charge is 2.25. The monoisotopic (exact) mass is 361 g/mol. The maximum absolute atomic E-state index is 10.9. The number of non-ortho nitro benzene ring substituents is 1. The summed E-state index contributed by atoms with van der Waals surface area (Å²) in [7, 11) is 0. The van der Waals surface area contributed by atoms with Crippen LogP contribution in [-0.2, 0) is 0 Å². The summed E-state index contributed by atoms with van der Waals surface area (Å²) < 4.78 is 0. The molecule has 8 heteroatoms. The number of rotatable bonds is 2. The summed E-state index contributed by atoms with van der Waals surface area (Å²) in [6.45, 7) is 6.12. The lowest BCUT2D eigenvalue weighted by Gasteiger charge is -2.26. The van der Waals surface area contributed by atoms with Gasteiger partial charge in [0, 0.05) is 38.8 Å². The molecule has 0 aliphatic carbocycles. The maximum atomic E-state index is 10.9. The number of allylic oxidation sites excluding steroid dienone is 1. The molecule has 1 atom stereocenters. The molecule has 0 saturated heterocycles. The van der Waals surface area contributed by atoms with Crippen molar-refractivity contribution in [2.45, 2.75) is 26.3 Å². The standard InChI is InChI=1S/C14H16ClN3O2S.ClH/c1-14(2,3)12-7-11(21-13(16)17-12)9-6-8(18(19)20)4-5-10(9)15;/h4-7,13H,16H2,1-3H3;1H. The zero-order valence-corrected chi connectivity index (χ0v) is 14.8. The van der Waals surface area contributed by atoms with Gasteiger partial charge in [0.25, 0.3) is 5.69 Å². The van der Waals surface area contributed by atoms with Crippen molar-refractivity contribution in [2.75, 3.05) is 0 Å². The van der Waals surface area contributed by atoms with E-state index in [1.165, 1.54) is 30.0 Å². The number of nitro benzene ring substituents is 1. The Morgan fingerprint density at radius 3 is 2.59 bits per heavy atom. The Balaban J connectivity index is 0.00000242. The third kappa shape index (κ3) is 4.23. The molecule has 2 N–H and O–H groups in total. The summed E-state index contributed by atoms with van der Waals surface area (Å²) in [5, 5.41) is 11.4. The van der Waals surface area contributed by atoms with Crippen LogP contribution < -0.4 is 5.73 Å². The summed E-state index contributed by atoms with van der Waals surface area (Å²) in [6, 6.07) is 4.39. The van der Waals surface area contributed by atoms with Crippen molar-refractivity contribution < 1.29 is 4.92 Å². The first-order valence-electron chi connectivity index (χ1n) is 6.35. The van der Waals surface area contributed by atoms with Gasteiger partial charge >= 0.3 is 0 Å². The highest BCUT2D eigenvalue weighted by Crippen LogP contribution is 2.40. The van der Waals surface area contributed by atoms with E-state index in [9.17, 15) is 10.1 Å². The van der Waals surface area contributed by atoms with Crippen molar-refractivity contribution in [2.24, 2.45) is 16.1 Å². The molecule has 0 aromatic heterocycles. The van der Waals surface area contributed by atoms with Crippen molar-refractivity contribution in [3.63, 3.8) is 0 Å². The molecule has 22 heavy (non-hydrogen) atoms. The normalized spacial score (nSPS) is 18.1. The fraction of sp³-hybridized carbons (Fsp3) is 0.357. The topological polar surface area (TPSA) is 81.5 Å². The third-order valence-electron chi connectivity index (χ3n) is 2.98. The van der Waals surface area contributed by atoms with Crippen LogP contribution in [-0.4, -0.2) is 16.1 Å². The second-order valence-electron chi connectivity index (χ2n) is 5.70. The molecule has 0 bridgehead atoms. The van der Waals surface area contributed by atoms with Crippen LogP contribution in [0.2, 0.25) is 5.02 Å². The molecule has 0 fully saturated rings. The molecule has 1 unspecified atom stereocenters. The van der Waals surface area contributed by atoms with Gasteiger partial charge in [-0.15, -0.1) is 12.4 Å². The van der Waals surface area contributed by atoms with Crippen molar-refractivity contribution >= 4 is 52.1 Å². The molecule has 0 saturated carbocycles. The van der Waals surface area contributed by atoms with Gasteiger partial charge in [0.2, 0.25) is 0 Å². The first-order chi connectivity index (χ1) is 9.68. The summed E-state index contributed by atoms with van der Waals surface area (Å²) in [4.78, 5) is 15.7. The van der Waals surface area contributed by atoms with E-state index in [0.717, 1.165) is 10.6 Å². The van der Waals surface area contributed by atoms with Gasteiger partial charge in [-0.1, -0.05) is 44.1 Å². The minimum Gasteiger partial charge on any atom is -0.301 e. The minimum absolute atomic E-state index is 0. The van der Waals surface area contributed by atoms with Crippen LogP contribution in [0.5, 0.6) is 0 Å². The van der Waals surface area contributed by atoms with Crippen LogP contribution >= 0.6 is 35.8 Å². The van der Waals surface area contributed by atoms with Crippen LogP contribution in [0.1, 0.15) is 26.3 Å². The zero-order valence-electron chi connectivity index (χ0n) is 12.4. The second kappa shape index (κ2) is 7.00. The van der Waals surface area contributed by atoms with Gasteiger partial charge < -0.3 is 5.73 Å². The van der Waals surface area contributed by atoms with Gasteiger partial charge in [-0.25, -0.2) is 0 Å². The van der Waals surface area contributed by atoms with E-state index >= 15 is 0 Å². The lowest BCUT2D eigenvalue weighted by atomic mass is 9.89. The molecule has 1 heterocycles. The molecule has 5 nitrogen and oxygen atoms in total. The van der Waals surface area contributed by atoms with Gasteiger partial charge in [0.15, 0.2) is 0 Å². The van der Waals surface area contributed by atoms with E-state index < -0.39 is 10.4 Å². The average Bonchev–Trinajstić information content (AvgIpc) is 2.37. The Morgan fingerprint density at radius 1 is 1.41 bits per heavy atom. The molecule has 1 aromatic rings. The number of nitrogens with zero attached hydrogens (tertiary/aromatic N) is 2. The van der Waals surface area contributed by atoms with Crippen molar-refractivity contribution in [3.8, 4) is 0 Å². The molecular formula is C14H17Cl2N3O2S. The second-order valence-corrected chi connectivity index (χ2v) is 7.27. The van der Waals surface area contributed by atoms with E-state index in [2.05, 4.69) is 4.99 Å². The number of hydrogen-bond acceptors (Lipinski definition) is 5. The van der Waals surface area contributed by atoms with E-state index in [1.807, 2.05) is 26.8 Å². The van der Waals surface area contributed by atoms with Gasteiger partial charge in [0.1, 0.15) is 5.50 Å². The van der Waals surface area contributed by atoms with E-state index in [1.54, 1.807) is 0 Å². The largest absolute Gasteiger partial charge is 0.301 e. The smallest absolute Gasteiger partial charge is 0.270 e. The maximum Gasteiger partial charge on any atom is 0.270 e. The lowest BCUT2D eigenvalue weighted by molar-refractivity contribution is -0.384. The number of nitrogens with two attached hydrogens (primary N) is 1. The van der Waals surface area contributed by atoms with Gasteiger partial charge in [-0.2, -0.15) is 0 Å². The number of aliphatic imine (C=N–C) groups is 1. The van der Waals surface area contributed by atoms with Crippen molar-refractivity contribution in [3.05, 3.63) is 45.0 Å². The van der Waals surface area contributed by atoms with Crippen LogP contribution in [0.15, 0.2) is 29.3 Å². The highest BCUT2D eigenvalue weighted by atomic mass is 35.5. The van der Waals surface area contributed by atoms with Crippen LogP contribution in [0, 0.1) is 15.5 Å². The first kappa shape index (κ1) is 19.0. The molecule has 120 valence electrons. The van der Waals surface area contributed by atoms with Crippen LogP contribution in [0.3, 0.4) is 0 Å². The number of hydrogen-bond donors (Lipinski definition) is 1. The molecule has 1 aliphatic rings. The van der Waals surface area contributed by atoms with Crippen molar-refractivity contribution in [1.82, 2.24) is 0 Å². The average molecular weight is 362 g/mol. The quantitative estimate of drug-likeness (QED) is 0.621. The Bertz CT molecular complexity index is 654. The molecule has 1 aromatic carbocycles. The molecule has 0 radical (unpaired) electrons. The molecule has 1 aliphatic heterocycles. The number of nitro groups is 1. The molecular weight excluding hydrogens is 345 g/mol. The van der Waals surface area contributed by atoms with Gasteiger partial charge in [0.05, 0.1) is 4.92 Å². The number of thioether (sulfide) groups is 1. The predicted octanol–water partition coefficient (Wildman–Crippen LogP) is 4.49. The number of halogens is 2. The van der Waals surface area contributed by atoms with E-state index in [-0.39, 0.29) is 23.5 Å². The highest BCUT2D eigenvalue weighted by molar-refractivity contribution is 8.08. The molecule has 0 amide bonds. The Morgan fingerprint density at radius 2 is 2.05 bits per heavy atom. The van der Waals surface area contributed by atoms with Gasteiger partial charge in [-0.05, 0) is 12.1 Å². The summed E-state index contributed by atoms with van der Waals surface area (Å²) in [6.07, 6.45) is 1.90. The summed E-state index contributed by atoms with van der Waals surface area (Å²) in [5.41, 5.74) is 6.83. The van der Waals surface area contributed by atoms with Gasteiger partial charge in [-0.3, -0.25) is 15.1 Å². The summed E-state index contributed by atoms with van der Waals surface area (Å²) >= 11 is 7.52. The van der Waals surface area contributed by atoms with E-state index in [4.69, 9.17) is 17.3 Å². The minimum atomic E-state index is -0.438. The molecule has 0 spiro atoms. The summed E-state index contributed by atoms with van der Waals surface area (Å²) in [5.74, 6) is 0. The third-order valence-corrected chi connectivity index (χ3v) is 4.24. The molecule has 2 rings (SSSR count). The lowest BCUT2D eigenvalue weighted by Crippen LogP contribution is -2.26.